The first-order valence-corrected chi connectivity index (χ1v) is 6.77. The second-order valence-electron chi connectivity index (χ2n) is 5.09. The van der Waals surface area contributed by atoms with Gasteiger partial charge in [0.15, 0.2) is 0 Å². The largest absolute Gasteiger partial charge is 0.368 e. The summed E-state index contributed by atoms with van der Waals surface area (Å²) in [5, 5.41) is 3.28. The fourth-order valence-corrected chi connectivity index (χ4v) is 2.45. The van der Waals surface area contributed by atoms with Gasteiger partial charge in [0.25, 0.3) is 0 Å². The zero-order valence-electron chi connectivity index (χ0n) is 11.3. The summed E-state index contributed by atoms with van der Waals surface area (Å²) < 4.78 is 0. The molecular weight excluding hydrogens is 208 g/mol. The van der Waals surface area contributed by atoms with Crippen LogP contribution in [0.3, 0.4) is 0 Å². The number of nitrogens with one attached hydrogen (secondary N) is 1. The number of hydrogen-bond donors (Lipinski definition) is 1. The average molecular weight is 232 g/mol. The van der Waals surface area contributed by atoms with Crippen LogP contribution >= 0.6 is 0 Å². The van der Waals surface area contributed by atoms with Gasteiger partial charge in [-0.1, -0.05) is 24.6 Å². The minimum absolute atomic E-state index is 0.799. The fraction of sp³-hybridized carbons (Fsp3) is 0.600. The van der Waals surface area contributed by atoms with Crippen LogP contribution in [0.15, 0.2) is 18.2 Å². The third-order valence-electron chi connectivity index (χ3n) is 3.36. The van der Waals surface area contributed by atoms with Crippen molar-refractivity contribution >= 4 is 5.69 Å². The van der Waals surface area contributed by atoms with Gasteiger partial charge in [0.05, 0.1) is 0 Å². The van der Waals surface area contributed by atoms with Crippen molar-refractivity contribution in [3.63, 3.8) is 0 Å². The van der Waals surface area contributed by atoms with E-state index in [0.29, 0.717) is 0 Å². The molecule has 0 aromatic heterocycles. The number of nitrogens with zero attached hydrogens (tertiary/aromatic N) is 1. The maximum atomic E-state index is 3.28. The number of benzene rings is 1. The Morgan fingerprint density at radius 3 is 2.71 bits per heavy atom. The predicted molar refractivity (Wildman–Crippen MR) is 74.6 cm³/mol. The highest BCUT2D eigenvalue weighted by Crippen LogP contribution is 2.34. The number of aryl methyl sites for hydroxylation is 1. The van der Waals surface area contributed by atoms with Crippen LogP contribution in [-0.4, -0.2) is 19.6 Å². The van der Waals surface area contributed by atoms with E-state index < -0.39 is 0 Å². The molecule has 1 N–H and O–H groups in total. The van der Waals surface area contributed by atoms with E-state index in [1.54, 1.807) is 0 Å². The van der Waals surface area contributed by atoms with E-state index in [-0.39, 0.29) is 0 Å². The molecule has 1 aliphatic rings. The molecule has 0 radical (unpaired) electrons. The second-order valence-corrected chi connectivity index (χ2v) is 5.09. The van der Waals surface area contributed by atoms with Crippen LogP contribution in [0.1, 0.15) is 37.3 Å². The topological polar surface area (TPSA) is 15.3 Å². The van der Waals surface area contributed by atoms with Crippen molar-refractivity contribution in [3.8, 4) is 0 Å². The van der Waals surface area contributed by atoms with Crippen molar-refractivity contribution in [2.45, 2.75) is 45.7 Å². The van der Waals surface area contributed by atoms with Gasteiger partial charge in [-0.05, 0) is 44.9 Å². The van der Waals surface area contributed by atoms with Crippen LogP contribution in [0.4, 0.5) is 5.69 Å². The molecule has 0 amide bonds. The monoisotopic (exact) mass is 232 g/mol. The van der Waals surface area contributed by atoms with Gasteiger partial charge >= 0.3 is 0 Å². The van der Waals surface area contributed by atoms with Crippen molar-refractivity contribution in [2.75, 3.05) is 18.5 Å². The number of anilines is 1. The van der Waals surface area contributed by atoms with Gasteiger partial charge in [-0.15, -0.1) is 0 Å². The first-order chi connectivity index (χ1) is 8.26. The average Bonchev–Trinajstić information content (AvgIpc) is 3.11. The third kappa shape index (κ3) is 3.01. The quantitative estimate of drug-likeness (QED) is 0.811. The molecule has 0 saturated heterocycles. The predicted octanol–water partition coefficient (Wildman–Crippen LogP) is 3.09. The van der Waals surface area contributed by atoms with E-state index in [4.69, 9.17) is 0 Å². The summed E-state index contributed by atoms with van der Waals surface area (Å²) in [6.45, 7) is 6.58. The van der Waals surface area contributed by atoms with E-state index in [9.17, 15) is 0 Å². The Balaban J connectivity index is 2.27. The van der Waals surface area contributed by atoms with Gasteiger partial charge in [0.2, 0.25) is 0 Å². The van der Waals surface area contributed by atoms with Crippen LogP contribution < -0.4 is 10.2 Å². The lowest BCUT2D eigenvalue weighted by molar-refractivity contribution is 0.745. The van der Waals surface area contributed by atoms with E-state index in [1.807, 2.05) is 7.05 Å². The Morgan fingerprint density at radius 1 is 1.35 bits per heavy atom. The lowest BCUT2D eigenvalue weighted by atomic mass is 10.1. The van der Waals surface area contributed by atoms with Gasteiger partial charge in [-0.2, -0.15) is 0 Å². The Labute approximate surface area is 105 Å². The van der Waals surface area contributed by atoms with Gasteiger partial charge in [0, 0.05) is 24.8 Å². The molecule has 1 aliphatic carbocycles. The molecule has 0 aliphatic heterocycles. The number of rotatable bonds is 6. The molecule has 0 atom stereocenters. The smallest absolute Gasteiger partial charge is 0.0414 e. The molecule has 1 fully saturated rings. The maximum absolute atomic E-state index is 3.28. The molecule has 2 nitrogen and oxygen atoms in total. The van der Waals surface area contributed by atoms with E-state index >= 15 is 0 Å². The highest BCUT2D eigenvalue weighted by atomic mass is 15.2. The zero-order chi connectivity index (χ0) is 12.3. The summed E-state index contributed by atoms with van der Waals surface area (Å²) in [5.41, 5.74) is 4.23. The summed E-state index contributed by atoms with van der Waals surface area (Å²) in [6.07, 6.45) is 3.96. The van der Waals surface area contributed by atoms with Gasteiger partial charge in [0.1, 0.15) is 0 Å². The van der Waals surface area contributed by atoms with Crippen molar-refractivity contribution in [1.29, 1.82) is 0 Å². The summed E-state index contributed by atoms with van der Waals surface area (Å²) in [5.74, 6) is 0. The molecule has 94 valence electrons. The Bertz CT molecular complexity index is 369. The van der Waals surface area contributed by atoms with E-state index in [2.05, 4.69) is 42.3 Å². The summed E-state index contributed by atoms with van der Waals surface area (Å²) >= 11 is 0. The highest BCUT2D eigenvalue weighted by Gasteiger charge is 2.29. The Hall–Kier alpha value is -1.02. The summed E-state index contributed by atoms with van der Waals surface area (Å²) in [7, 11) is 2.02. The van der Waals surface area contributed by atoms with Crippen LogP contribution in [-0.2, 0) is 6.54 Å². The molecule has 0 heterocycles. The highest BCUT2D eigenvalue weighted by molar-refractivity contribution is 5.56. The van der Waals surface area contributed by atoms with Crippen LogP contribution in [0, 0.1) is 6.92 Å². The molecule has 0 unspecified atom stereocenters. The standard InChI is InChI=1S/C15H24N2/c1-4-9-17(14-6-7-14)15-8-5-12(2)10-13(15)11-16-3/h5,8,10,14,16H,4,6-7,9,11H2,1-3H3. The van der Waals surface area contributed by atoms with E-state index in [0.717, 1.165) is 12.6 Å². The van der Waals surface area contributed by atoms with Crippen molar-refractivity contribution in [1.82, 2.24) is 5.32 Å². The first kappa shape index (κ1) is 12.4. The summed E-state index contributed by atoms with van der Waals surface area (Å²) in [4.78, 5) is 2.60. The number of hydrogen-bond acceptors (Lipinski definition) is 2. The van der Waals surface area contributed by atoms with Crippen LogP contribution in [0.2, 0.25) is 0 Å². The fourth-order valence-electron chi connectivity index (χ4n) is 2.45. The molecule has 0 bridgehead atoms. The molecule has 0 spiro atoms. The minimum atomic E-state index is 0.799. The first-order valence-electron chi connectivity index (χ1n) is 6.77. The zero-order valence-corrected chi connectivity index (χ0v) is 11.3. The second kappa shape index (κ2) is 5.54. The Kier molecular flexibility index (Phi) is 4.06. The SMILES string of the molecule is CCCN(c1ccc(C)cc1CNC)C1CC1. The van der Waals surface area contributed by atoms with Crippen LogP contribution in [0.5, 0.6) is 0 Å². The van der Waals surface area contributed by atoms with Crippen LogP contribution in [0.25, 0.3) is 0 Å². The van der Waals surface area contributed by atoms with E-state index in [1.165, 1.54) is 42.6 Å². The molecule has 2 rings (SSSR count). The van der Waals surface area contributed by atoms with Gasteiger partial charge in [-0.25, -0.2) is 0 Å². The molecule has 1 aromatic rings. The van der Waals surface area contributed by atoms with Crippen molar-refractivity contribution < 1.29 is 0 Å². The third-order valence-corrected chi connectivity index (χ3v) is 3.36. The lowest BCUT2D eigenvalue weighted by Gasteiger charge is -2.27. The molecule has 1 aromatic carbocycles. The molecule has 1 saturated carbocycles. The van der Waals surface area contributed by atoms with Gasteiger partial charge in [-0.3, -0.25) is 0 Å². The lowest BCUT2D eigenvalue weighted by Crippen LogP contribution is -2.28. The normalized spacial score (nSPS) is 15.0. The summed E-state index contributed by atoms with van der Waals surface area (Å²) in [6, 6.07) is 7.65. The molecular formula is C15H24N2. The minimum Gasteiger partial charge on any atom is -0.368 e. The molecule has 2 heteroatoms. The Morgan fingerprint density at radius 2 is 2.12 bits per heavy atom. The van der Waals surface area contributed by atoms with Gasteiger partial charge < -0.3 is 10.2 Å². The van der Waals surface area contributed by atoms with Crippen molar-refractivity contribution in [2.24, 2.45) is 0 Å². The maximum Gasteiger partial charge on any atom is 0.0414 e. The van der Waals surface area contributed by atoms with Crippen molar-refractivity contribution in [3.05, 3.63) is 29.3 Å². The molecule has 17 heavy (non-hydrogen) atoms.